The Morgan fingerprint density at radius 2 is 1.05 bits per heavy atom. The fourth-order valence-corrected chi connectivity index (χ4v) is 6.96. The van der Waals surface area contributed by atoms with E-state index in [2.05, 4.69) is 36.5 Å². The summed E-state index contributed by atoms with van der Waals surface area (Å²) in [5.41, 5.74) is 0. The van der Waals surface area contributed by atoms with E-state index in [1.165, 1.54) is 25.3 Å². The van der Waals surface area contributed by atoms with E-state index < -0.39 is 124 Å². The lowest BCUT2D eigenvalue weighted by molar-refractivity contribution is -0.379. The molecule has 0 spiro atoms. The Hall–Kier alpha value is -1.99. The molecule has 60 heavy (non-hydrogen) atoms. The number of aliphatic hydroxyl groups excluding tert-OH is 11. The molecule has 0 bridgehead atoms. The number of ether oxygens (including phenoxy) is 6. The van der Waals surface area contributed by atoms with Gasteiger partial charge in [-0.25, -0.2) is 0 Å². The molecule has 3 aliphatic rings. The Kier molecular flexibility index (Phi) is 24.4. The highest BCUT2D eigenvalue weighted by atomic mass is 16.8. The zero-order valence-electron chi connectivity index (χ0n) is 34.7. The van der Waals surface area contributed by atoms with Crippen LogP contribution in [0.5, 0.6) is 0 Å². The monoisotopic (exact) mass is 865 g/mol. The molecule has 0 aromatic carbocycles. The third kappa shape index (κ3) is 15.7. The molecule has 17 unspecified atom stereocenters. The Bertz CT molecular complexity index is 1270. The molecular weight excluding hydrogens is 794 g/mol. The molecule has 19 nitrogen and oxygen atoms in total. The molecule has 0 aromatic heterocycles. The average Bonchev–Trinajstić information content (AvgIpc) is 3.24. The lowest BCUT2D eigenvalue weighted by Crippen LogP contribution is -2.66. The summed E-state index contributed by atoms with van der Waals surface area (Å²) in [4.78, 5) is 12.7. The molecule has 3 fully saturated rings. The standard InChI is InChI=1S/C41H71NO18/c1-3-5-7-8-9-10-11-12-13-14-15-16-17-18-25(46)24(42-29(47)19-6-4-2)23-55-39-35(53)32(50)37(27(21-44)57-39)60-41-36(54)33(51)38(28(22-45)58-41)59-40-34(52)31(49)30(48)26(20-43)56-40/h9-10,13-14,17-18,24-28,30-41,43-46,48-54H,3-8,11-12,15-16,19-23H2,1-2H3,(H,42,47)/b10-9+,14-13+,18-17+. The van der Waals surface area contributed by atoms with Gasteiger partial charge in [-0.2, -0.15) is 0 Å². The van der Waals surface area contributed by atoms with E-state index >= 15 is 0 Å². The average molecular weight is 866 g/mol. The van der Waals surface area contributed by atoms with E-state index in [1.807, 2.05) is 6.92 Å². The maximum Gasteiger partial charge on any atom is 0.220 e. The molecule has 3 heterocycles. The molecule has 3 saturated heterocycles. The van der Waals surface area contributed by atoms with Crippen molar-refractivity contribution in [2.45, 2.75) is 189 Å². The number of carbonyl (C=O) groups excluding carboxylic acids is 1. The van der Waals surface area contributed by atoms with Gasteiger partial charge in [-0.15, -0.1) is 0 Å². The van der Waals surface area contributed by atoms with Gasteiger partial charge in [0.05, 0.1) is 38.6 Å². The smallest absolute Gasteiger partial charge is 0.220 e. The van der Waals surface area contributed by atoms with Crippen LogP contribution in [0.3, 0.4) is 0 Å². The highest BCUT2D eigenvalue weighted by Crippen LogP contribution is 2.32. The van der Waals surface area contributed by atoms with Crippen molar-refractivity contribution < 1.29 is 89.4 Å². The Morgan fingerprint density at radius 3 is 1.58 bits per heavy atom. The summed E-state index contributed by atoms with van der Waals surface area (Å²) in [5.74, 6) is -0.331. The van der Waals surface area contributed by atoms with Crippen LogP contribution >= 0.6 is 0 Å². The summed E-state index contributed by atoms with van der Waals surface area (Å²) in [5, 5.41) is 118. The Labute approximate surface area is 351 Å². The normalized spacial score (nSPS) is 36.3. The number of unbranched alkanes of at least 4 members (excludes halogenated alkanes) is 6. The molecule has 0 saturated carbocycles. The SMILES string of the molecule is CCCCC/C=C/CC/C=C/CC/C=C/C(O)C(COC1OC(CO)C(OC2OC(CO)C(OC3OC(CO)C(O)C(O)C3O)C(O)C2O)C(O)C1O)NC(=O)CCCC. The van der Waals surface area contributed by atoms with E-state index in [9.17, 15) is 61.0 Å². The van der Waals surface area contributed by atoms with Gasteiger partial charge < -0.3 is 89.9 Å². The second-order valence-electron chi connectivity index (χ2n) is 15.4. The number of hydrogen-bond donors (Lipinski definition) is 12. The second kappa shape index (κ2) is 27.9. The van der Waals surface area contributed by atoms with Gasteiger partial charge in [0.25, 0.3) is 0 Å². The fourth-order valence-electron chi connectivity index (χ4n) is 6.96. The molecule has 0 aromatic rings. The van der Waals surface area contributed by atoms with E-state index in [4.69, 9.17) is 28.4 Å². The van der Waals surface area contributed by atoms with Gasteiger partial charge in [-0.05, 0) is 44.9 Å². The molecular formula is C41H71NO18. The van der Waals surface area contributed by atoms with Gasteiger partial charge in [0.15, 0.2) is 18.9 Å². The molecule has 19 heteroatoms. The molecule has 348 valence electrons. The topological polar surface area (TPSA) is 307 Å². The second-order valence-corrected chi connectivity index (χ2v) is 15.4. The zero-order chi connectivity index (χ0) is 44.2. The summed E-state index contributed by atoms with van der Waals surface area (Å²) in [6.07, 6.45) is -5.28. The van der Waals surface area contributed by atoms with Gasteiger partial charge in [-0.3, -0.25) is 4.79 Å². The van der Waals surface area contributed by atoms with Crippen molar-refractivity contribution in [2.24, 2.45) is 0 Å². The predicted octanol–water partition coefficient (Wildman–Crippen LogP) is -1.70. The third-order valence-corrected chi connectivity index (χ3v) is 10.7. The van der Waals surface area contributed by atoms with Gasteiger partial charge in [0.1, 0.15) is 73.2 Å². The largest absolute Gasteiger partial charge is 0.394 e. The van der Waals surface area contributed by atoms with E-state index in [0.29, 0.717) is 12.8 Å². The minimum Gasteiger partial charge on any atom is -0.394 e. The molecule has 0 aliphatic carbocycles. The molecule has 3 rings (SSSR count). The first-order valence-electron chi connectivity index (χ1n) is 21.2. The van der Waals surface area contributed by atoms with Crippen LogP contribution in [0.4, 0.5) is 0 Å². The van der Waals surface area contributed by atoms with Gasteiger partial charge in [0, 0.05) is 6.42 Å². The van der Waals surface area contributed by atoms with Crippen LogP contribution in [0.2, 0.25) is 0 Å². The molecule has 12 N–H and O–H groups in total. The molecule has 17 atom stereocenters. The summed E-state index contributed by atoms with van der Waals surface area (Å²) >= 11 is 0. The van der Waals surface area contributed by atoms with Crippen molar-refractivity contribution >= 4 is 5.91 Å². The van der Waals surface area contributed by atoms with Crippen molar-refractivity contribution in [3.8, 4) is 0 Å². The van der Waals surface area contributed by atoms with Crippen LogP contribution in [0.25, 0.3) is 0 Å². The van der Waals surface area contributed by atoms with Crippen molar-refractivity contribution in [3.05, 3.63) is 36.5 Å². The van der Waals surface area contributed by atoms with Gasteiger partial charge >= 0.3 is 0 Å². The molecule has 3 aliphatic heterocycles. The number of nitrogens with one attached hydrogen (secondary N) is 1. The molecule has 1 amide bonds. The lowest BCUT2D eigenvalue weighted by atomic mass is 9.96. The first kappa shape index (κ1) is 52.4. The third-order valence-electron chi connectivity index (χ3n) is 10.7. The van der Waals surface area contributed by atoms with Gasteiger partial charge in [0.2, 0.25) is 5.91 Å². The summed E-state index contributed by atoms with van der Waals surface area (Å²) in [6, 6.07) is -0.986. The quantitative estimate of drug-likeness (QED) is 0.0341. The maximum atomic E-state index is 12.7. The number of rotatable bonds is 26. The van der Waals surface area contributed by atoms with E-state index in [-0.39, 0.29) is 18.9 Å². The van der Waals surface area contributed by atoms with E-state index in [1.54, 1.807) is 6.08 Å². The number of amides is 1. The van der Waals surface area contributed by atoms with Crippen LogP contribution in [0.15, 0.2) is 36.5 Å². The number of carbonyl (C=O) groups is 1. The Balaban J connectivity index is 1.59. The predicted molar refractivity (Wildman–Crippen MR) is 212 cm³/mol. The number of aliphatic hydroxyl groups is 11. The summed E-state index contributed by atoms with van der Waals surface area (Å²) < 4.78 is 33.7. The first-order chi connectivity index (χ1) is 28.8. The van der Waals surface area contributed by atoms with Crippen molar-refractivity contribution in [1.29, 1.82) is 0 Å². The van der Waals surface area contributed by atoms with E-state index in [0.717, 1.165) is 32.1 Å². The minimum absolute atomic E-state index is 0.205. The lowest BCUT2D eigenvalue weighted by Gasteiger charge is -2.48. The molecule has 0 radical (unpaired) electrons. The van der Waals surface area contributed by atoms with Crippen LogP contribution in [-0.2, 0) is 33.2 Å². The zero-order valence-corrected chi connectivity index (χ0v) is 34.7. The van der Waals surface area contributed by atoms with Crippen LogP contribution in [0.1, 0.15) is 84.5 Å². The van der Waals surface area contributed by atoms with Gasteiger partial charge in [-0.1, -0.05) is 69.6 Å². The minimum atomic E-state index is -1.98. The Morgan fingerprint density at radius 1 is 0.583 bits per heavy atom. The van der Waals surface area contributed by atoms with Crippen LogP contribution < -0.4 is 5.32 Å². The van der Waals surface area contributed by atoms with Crippen molar-refractivity contribution in [3.63, 3.8) is 0 Å². The first-order valence-corrected chi connectivity index (χ1v) is 21.2. The summed E-state index contributed by atoms with van der Waals surface area (Å²) in [7, 11) is 0. The summed E-state index contributed by atoms with van der Waals surface area (Å²) in [6.45, 7) is 1.31. The highest BCUT2D eigenvalue weighted by Gasteiger charge is 2.53. The number of allylic oxidation sites excluding steroid dienone is 5. The van der Waals surface area contributed by atoms with Crippen LogP contribution in [-0.4, -0.2) is 193 Å². The fraction of sp³-hybridized carbons (Fsp3) is 0.829. The highest BCUT2D eigenvalue weighted by molar-refractivity contribution is 5.76. The number of hydrogen-bond acceptors (Lipinski definition) is 18. The maximum absolute atomic E-state index is 12.7. The van der Waals surface area contributed by atoms with Crippen molar-refractivity contribution in [1.82, 2.24) is 5.32 Å². The van der Waals surface area contributed by atoms with Crippen LogP contribution in [0, 0.1) is 0 Å². The van der Waals surface area contributed by atoms with Crippen molar-refractivity contribution in [2.75, 3.05) is 26.4 Å².